The predicted octanol–water partition coefficient (Wildman–Crippen LogP) is 4.80. The number of hydrogen-bond acceptors (Lipinski definition) is 5. The molecule has 2 N–H and O–H groups in total. The summed E-state index contributed by atoms with van der Waals surface area (Å²) in [5.74, 6) is -0.646. The minimum absolute atomic E-state index is 0.191. The van der Waals surface area contributed by atoms with E-state index in [0.717, 1.165) is 31.0 Å². The smallest absolute Gasteiger partial charge is 0.271 e. The Balaban J connectivity index is 2.02. The van der Waals surface area contributed by atoms with Crippen LogP contribution >= 0.6 is 28.1 Å². The molecule has 0 fully saturated rings. The zero-order valence-electron chi connectivity index (χ0n) is 14.8. The summed E-state index contributed by atoms with van der Waals surface area (Å²) in [6, 6.07) is 7.77. The fourth-order valence-corrected chi connectivity index (χ4v) is 2.83. The van der Waals surface area contributed by atoms with Crippen molar-refractivity contribution < 1.29 is 18.8 Å². The minimum Gasteiger partial charge on any atom is -0.492 e. The second-order valence-electron chi connectivity index (χ2n) is 5.68. The van der Waals surface area contributed by atoms with E-state index in [9.17, 15) is 19.3 Å². The van der Waals surface area contributed by atoms with Crippen molar-refractivity contribution >= 4 is 50.5 Å². The molecule has 28 heavy (non-hydrogen) atoms. The summed E-state index contributed by atoms with van der Waals surface area (Å²) < 4.78 is 20.0. The van der Waals surface area contributed by atoms with Crippen LogP contribution in [0, 0.1) is 15.9 Å². The van der Waals surface area contributed by atoms with Crippen LogP contribution in [0.15, 0.2) is 40.9 Å². The first-order valence-electron chi connectivity index (χ1n) is 8.30. The predicted molar refractivity (Wildman–Crippen MR) is 111 cm³/mol. The van der Waals surface area contributed by atoms with Gasteiger partial charge in [-0.3, -0.25) is 20.2 Å². The second-order valence-corrected chi connectivity index (χ2v) is 6.94. The number of nitro groups is 1. The van der Waals surface area contributed by atoms with Crippen molar-refractivity contribution in [1.29, 1.82) is 0 Å². The Bertz CT molecular complexity index is 910. The van der Waals surface area contributed by atoms with Crippen molar-refractivity contribution in [3.8, 4) is 5.75 Å². The number of non-ortho nitro benzene ring substituents is 1. The Hall–Kier alpha value is -2.59. The number of carbonyl (C=O) groups excluding carboxylic acids is 1. The van der Waals surface area contributed by atoms with Gasteiger partial charge >= 0.3 is 0 Å². The summed E-state index contributed by atoms with van der Waals surface area (Å²) >= 11 is 8.35. The maximum atomic E-state index is 13.8. The lowest BCUT2D eigenvalue weighted by Crippen LogP contribution is -2.34. The fourth-order valence-electron chi connectivity index (χ4n) is 2.14. The molecule has 2 rings (SSSR count). The van der Waals surface area contributed by atoms with Crippen LogP contribution in [0.4, 0.5) is 15.8 Å². The van der Waals surface area contributed by atoms with Crippen molar-refractivity contribution in [2.45, 2.75) is 19.8 Å². The van der Waals surface area contributed by atoms with Crippen LogP contribution in [0.2, 0.25) is 0 Å². The van der Waals surface area contributed by atoms with Gasteiger partial charge in [0, 0.05) is 17.7 Å². The number of amides is 1. The fraction of sp³-hybridized carbons (Fsp3) is 0.222. The highest BCUT2D eigenvalue weighted by Gasteiger charge is 2.14. The normalized spacial score (nSPS) is 10.2. The number of anilines is 1. The SMILES string of the molecule is CCCCOc1ccc(C(=O)NC(=S)Nc2cc([N+](=O)[O-])ccc2F)cc1Br. The topological polar surface area (TPSA) is 93.5 Å². The molecule has 0 spiro atoms. The standard InChI is InChI=1S/C18H17BrFN3O4S/c1-2-3-8-27-16-7-4-11(9-13(16)19)17(24)22-18(28)21-15-10-12(23(25)26)5-6-14(15)20/h4-7,9-10H,2-3,8H2,1H3,(H2,21,22,24,28). The van der Waals surface area contributed by atoms with Gasteiger partial charge < -0.3 is 10.1 Å². The number of rotatable bonds is 7. The molecule has 7 nitrogen and oxygen atoms in total. The van der Waals surface area contributed by atoms with Gasteiger partial charge in [-0.05, 0) is 58.8 Å². The Labute approximate surface area is 174 Å². The lowest BCUT2D eigenvalue weighted by Gasteiger charge is -2.12. The van der Waals surface area contributed by atoms with E-state index in [0.29, 0.717) is 22.4 Å². The molecule has 10 heteroatoms. The van der Waals surface area contributed by atoms with Crippen LogP contribution < -0.4 is 15.4 Å². The zero-order chi connectivity index (χ0) is 20.7. The van der Waals surface area contributed by atoms with Crippen molar-refractivity contribution in [1.82, 2.24) is 5.32 Å². The summed E-state index contributed by atoms with van der Waals surface area (Å²) in [5, 5.41) is 15.5. The van der Waals surface area contributed by atoms with Gasteiger partial charge in [-0.1, -0.05) is 13.3 Å². The first kappa shape index (κ1) is 21.7. The average Bonchev–Trinajstić information content (AvgIpc) is 2.64. The lowest BCUT2D eigenvalue weighted by molar-refractivity contribution is -0.384. The molecule has 2 aromatic carbocycles. The highest BCUT2D eigenvalue weighted by atomic mass is 79.9. The van der Waals surface area contributed by atoms with Crippen LogP contribution in [-0.2, 0) is 0 Å². The van der Waals surface area contributed by atoms with Crippen LogP contribution in [0.25, 0.3) is 0 Å². The molecule has 0 atom stereocenters. The number of benzene rings is 2. The molecule has 0 aliphatic heterocycles. The van der Waals surface area contributed by atoms with Crippen molar-refractivity contribution in [3.63, 3.8) is 0 Å². The molecule has 1 amide bonds. The number of nitrogens with zero attached hydrogens (tertiary/aromatic N) is 1. The molecule has 0 bridgehead atoms. The molecule has 0 aliphatic carbocycles. The van der Waals surface area contributed by atoms with E-state index in [1.165, 1.54) is 0 Å². The number of unbranched alkanes of at least 4 members (excludes halogenated alkanes) is 1. The Morgan fingerprint density at radius 3 is 2.71 bits per heavy atom. The van der Waals surface area contributed by atoms with Crippen molar-refractivity contribution in [2.24, 2.45) is 0 Å². The molecular formula is C18H17BrFN3O4S. The van der Waals surface area contributed by atoms with Gasteiger partial charge in [0.25, 0.3) is 11.6 Å². The van der Waals surface area contributed by atoms with E-state index < -0.39 is 16.6 Å². The van der Waals surface area contributed by atoms with E-state index in [2.05, 4.69) is 33.5 Å². The van der Waals surface area contributed by atoms with Gasteiger partial charge in [0.1, 0.15) is 11.6 Å². The van der Waals surface area contributed by atoms with E-state index in [-0.39, 0.29) is 16.5 Å². The van der Waals surface area contributed by atoms with Crippen molar-refractivity contribution in [3.05, 3.63) is 62.4 Å². The summed E-state index contributed by atoms with van der Waals surface area (Å²) in [5.41, 5.74) is -0.209. The Morgan fingerprint density at radius 1 is 1.32 bits per heavy atom. The lowest BCUT2D eigenvalue weighted by atomic mass is 10.2. The summed E-state index contributed by atoms with van der Waals surface area (Å²) in [6.07, 6.45) is 1.93. The first-order valence-corrected chi connectivity index (χ1v) is 9.50. The minimum atomic E-state index is -0.737. The third-order valence-corrected chi connectivity index (χ3v) is 4.41. The van der Waals surface area contributed by atoms with Gasteiger partial charge in [0.05, 0.1) is 21.7 Å². The molecule has 0 saturated carbocycles. The van der Waals surface area contributed by atoms with Crippen LogP contribution in [0.3, 0.4) is 0 Å². The third-order valence-electron chi connectivity index (χ3n) is 3.59. The number of thiocarbonyl (C=S) groups is 1. The summed E-state index contributed by atoms with van der Waals surface area (Å²) in [6.45, 7) is 2.63. The number of hydrogen-bond donors (Lipinski definition) is 2. The number of carbonyl (C=O) groups is 1. The Morgan fingerprint density at radius 2 is 2.07 bits per heavy atom. The molecule has 0 heterocycles. The molecule has 148 valence electrons. The monoisotopic (exact) mass is 469 g/mol. The van der Waals surface area contributed by atoms with E-state index in [1.807, 2.05) is 0 Å². The largest absolute Gasteiger partial charge is 0.492 e. The second kappa shape index (κ2) is 10.1. The van der Waals surface area contributed by atoms with Gasteiger partial charge in [-0.25, -0.2) is 4.39 Å². The molecule has 0 saturated heterocycles. The molecule has 0 radical (unpaired) electrons. The highest BCUT2D eigenvalue weighted by Crippen LogP contribution is 2.26. The summed E-state index contributed by atoms with van der Waals surface area (Å²) in [7, 11) is 0. The van der Waals surface area contributed by atoms with Gasteiger partial charge in [0.2, 0.25) is 0 Å². The maximum Gasteiger partial charge on any atom is 0.271 e. The summed E-state index contributed by atoms with van der Waals surface area (Å²) in [4.78, 5) is 22.5. The molecule has 0 aliphatic rings. The van der Waals surface area contributed by atoms with Gasteiger partial charge in [-0.2, -0.15) is 0 Å². The average molecular weight is 470 g/mol. The van der Waals surface area contributed by atoms with Crippen LogP contribution in [0.5, 0.6) is 5.75 Å². The van der Waals surface area contributed by atoms with Crippen LogP contribution in [0.1, 0.15) is 30.1 Å². The van der Waals surface area contributed by atoms with E-state index in [1.54, 1.807) is 18.2 Å². The number of nitrogens with one attached hydrogen (secondary N) is 2. The zero-order valence-corrected chi connectivity index (χ0v) is 17.2. The van der Waals surface area contributed by atoms with Gasteiger partial charge in [0.15, 0.2) is 5.11 Å². The van der Waals surface area contributed by atoms with E-state index >= 15 is 0 Å². The third kappa shape index (κ3) is 5.96. The van der Waals surface area contributed by atoms with Crippen LogP contribution in [-0.4, -0.2) is 22.5 Å². The molecule has 2 aromatic rings. The first-order chi connectivity index (χ1) is 13.3. The molecular weight excluding hydrogens is 453 g/mol. The maximum absolute atomic E-state index is 13.8. The quantitative estimate of drug-likeness (QED) is 0.261. The van der Waals surface area contributed by atoms with E-state index in [4.69, 9.17) is 17.0 Å². The number of nitro benzene ring substituents is 1. The molecule has 0 aromatic heterocycles. The molecule has 0 unspecified atom stereocenters. The highest BCUT2D eigenvalue weighted by molar-refractivity contribution is 9.10. The number of halogens is 2. The van der Waals surface area contributed by atoms with Crippen molar-refractivity contribution in [2.75, 3.05) is 11.9 Å². The number of ether oxygens (including phenoxy) is 1. The van der Waals surface area contributed by atoms with Gasteiger partial charge in [-0.15, -0.1) is 0 Å². The Kier molecular flexibility index (Phi) is 7.82.